The standard InChI is InChI=1S/C14H13N5/c15-10-14-16-17-18-19(14)13-9-5-4-8-12(13)11-6-2-1-3-7-11/h1-9H,10,15H2. The van der Waals surface area contributed by atoms with Gasteiger partial charge in [0.25, 0.3) is 0 Å². The summed E-state index contributed by atoms with van der Waals surface area (Å²) < 4.78 is 1.68. The molecule has 0 bridgehead atoms. The van der Waals surface area contributed by atoms with Crippen LogP contribution in [0.4, 0.5) is 0 Å². The first-order valence-electron chi connectivity index (χ1n) is 6.02. The van der Waals surface area contributed by atoms with Gasteiger partial charge in [-0.05, 0) is 22.1 Å². The van der Waals surface area contributed by atoms with Crippen LogP contribution >= 0.6 is 0 Å². The van der Waals surface area contributed by atoms with Crippen molar-refractivity contribution < 1.29 is 0 Å². The Morgan fingerprint density at radius 2 is 1.68 bits per heavy atom. The van der Waals surface area contributed by atoms with Gasteiger partial charge < -0.3 is 5.73 Å². The van der Waals surface area contributed by atoms with Gasteiger partial charge in [0.2, 0.25) is 0 Å². The second-order valence-electron chi connectivity index (χ2n) is 4.09. The number of para-hydroxylation sites is 1. The predicted octanol–water partition coefficient (Wildman–Crippen LogP) is 1.79. The molecule has 5 heteroatoms. The molecular formula is C14H13N5. The number of nitrogens with two attached hydrogens (primary N) is 1. The summed E-state index contributed by atoms with van der Waals surface area (Å²) in [4.78, 5) is 0. The summed E-state index contributed by atoms with van der Waals surface area (Å²) in [5.41, 5.74) is 8.78. The van der Waals surface area contributed by atoms with Crippen LogP contribution in [-0.4, -0.2) is 20.2 Å². The molecule has 3 aromatic rings. The van der Waals surface area contributed by atoms with Crippen LogP contribution in [0.25, 0.3) is 16.8 Å². The topological polar surface area (TPSA) is 69.6 Å². The van der Waals surface area contributed by atoms with Crippen LogP contribution < -0.4 is 5.73 Å². The van der Waals surface area contributed by atoms with Gasteiger partial charge in [-0.3, -0.25) is 0 Å². The Hall–Kier alpha value is -2.53. The lowest BCUT2D eigenvalue weighted by atomic mass is 10.0. The molecule has 19 heavy (non-hydrogen) atoms. The molecule has 0 aliphatic heterocycles. The van der Waals surface area contributed by atoms with Crippen LogP contribution in [0, 0.1) is 0 Å². The van der Waals surface area contributed by atoms with E-state index in [2.05, 4.69) is 27.7 Å². The average molecular weight is 251 g/mol. The van der Waals surface area contributed by atoms with Crippen molar-refractivity contribution in [2.24, 2.45) is 5.73 Å². The van der Waals surface area contributed by atoms with Crippen molar-refractivity contribution in [1.82, 2.24) is 20.2 Å². The van der Waals surface area contributed by atoms with Gasteiger partial charge in [-0.25, -0.2) is 0 Å². The minimum absolute atomic E-state index is 0.302. The second-order valence-corrected chi connectivity index (χ2v) is 4.09. The molecule has 0 atom stereocenters. The number of tetrazole rings is 1. The maximum Gasteiger partial charge on any atom is 0.170 e. The highest BCUT2D eigenvalue weighted by molar-refractivity contribution is 5.72. The fourth-order valence-electron chi connectivity index (χ4n) is 2.04. The lowest BCUT2D eigenvalue weighted by Gasteiger charge is -2.10. The van der Waals surface area contributed by atoms with Crippen LogP contribution in [-0.2, 0) is 6.54 Å². The van der Waals surface area contributed by atoms with E-state index in [1.165, 1.54) is 0 Å². The highest BCUT2D eigenvalue weighted by Crippen LogP contribution is 2.26. The number of aromatic nitrogens is 4. The molecule has 0 unspecified atom stereocenters. The zero-order valence-electron chi connectivity index (χ0n) is 10.3. The zero-order valence-corrected chi connectivity index (χ0v) is 10.3. The summed E-state index contributed by atoms with van der Waals surface area (Å²) in [6, 6.07) is 18.1. The molecule has 0 fully saturated rings. The summed E-state index contributed by atoms with van der Waals surface area (Å²) in [5, 5.41) is 11.6. The Bertz CT molecular complexity index is 675. The zero-order chi connectivity index (χ0) is 13.1. The normalized spacial score (nSPS) is 10.6. The van der Waals surface area contributed by atoms with E-state index in [1.54, 1.807) is 4.68 Å². The minimum Gasteiger partial charge on any atom is -0.324 e. The molecule has 0 radical (unpaired) electrons. The summed E-state index contributed by atoms with van der Waals surface area (Å²) in [6.45, 7) is 0.302. The van der Waals surface area contributed by atoms with E-state index in [0.717, 1.165) is 16.8 Å². The number of benzene rings is 2. The lowest BCUT2D eigenvalue weighted by molar-refractivity contribution is 0.762. The third-order valence-electron chi connectivity index (χ3n) is 2.93. The molecule has 0 spiro atoms. The second kappa shape index (κ2) is 4.99. The van der Waals surface area contributed by atoms with Crippen LogP contribution in [0.3, 0.4) is 0 Å². The molecule has 5 nitrogen and oxygen atoms in total. The molecule has 2 aromatic carbocycles. The van der Waals surface area contributed by atoms with Crippen LogP contribution in [0.1, 0.15) is 5.82 Å². The van der Waals surface area contributed by atoms with Gasteiger partial charge in [-0.2, -0.15) is 4.68 Å². The van der Waals surface area contributed by atoms with Gasteiger partial charge in [0.1, 0.15) is 0 Å². The molecule has 1 heterocycles. The number of hydrogen-bond acceptors (Lipinski definition) is 4. The van der Waals surface area contributed by atoms with Crippen molar-refractivity contribution in [3.63, 3.8) is 0 Å². The van der Waals surface area contributed by atoms with Crippen molar-refractivity contribution in [2.75, 3.05) is 0 Å². The molecule has 2 N–H and O–H groups in total. The third-order valence-corrected chi connectivity index (χ3v) is 2.93. The van der Waals surface area contributed by atoms with Gasteiger partial charge in [0.05, 0.1) is 12.2 Å². The van der Waals surface area contributed by atoms with Crippen molar-refractivity contribution in [3.05, 3.63) is 60.4 Å². The Labute approximate surface area is 110 Å². The van der Waals surface area contributed by atoms with Crippen molar-refractivity contribution in [3.8, 4) is 16.8 Å². The van der Waals surface area contributed by atoms with E-state index in [9.17, 15) is 0 Å². The first kappa shape index (κ1) is 11.6. The average Bonchev–Trinajstić information content (AvgIpc) is 2.96. The monoisotopic (exact) mass is 251 g/mol. The first-order valence-corrected chi connectivity index (χ1v) is 6.02. The van der Waals surface area contributed by atoms with Gasteiger partial charge in [-0.1, -0.05) is 48.5 Å². The van der Waals surface area contributed by atoms with E-state index < -0.39 is 0 Å². The third kappa shape index (κ3) is 2.11. The lowest BCUT2D eigenvalue weighted by Crippen LogP contribution is -2.09. The number of hydrogen-bond donors (Lipinski definition) is 1. The van der Waals surface area contributed by atoms with Gasteiger partial charge in [0.15, 0.2) is 5.82 Å². The van der Waals surface area contributed by atoms with E-state index in [1.807, 2.05) is 42.5 Å². The Kier molecular flexibility index (Phi) is 3.04. The molecule has 0 aliphatic rings. The fraction of sp³-hybridized carbons (Fsp3) is 0.0714. The van der Waals surface area contributed by atoms with Crippen molar-refractivity contribution >= 4 is 0 Å². The highest BCUT2D eigenvalue weighted by Gasteiger charge is 2.11. The van der Waals surface area contributed by atoms with E-state index >= 15 is 0 Å². The van der Waals surface area contributed by atoms with Crippen LogP contribution in [0.2, 0.25) is 0 Å². The van der Waals surface area contributed by atoms with Crippen LogP contribution in [0.5, 0.6) is 0 Å². The van der Waals surface area contributed by atoms with Crippen molar-refractivity contribution in [2.45, 2.75) is 6.54 Å². The quantitative estimate of drug-likeness (QED) is 0.770. The fourth-order valence-corrected chi connectivity index (χ4v) is 2.04. The molecule has 0 amide bonds. The van der Waals surface area contributed by atoms with Gasteiger partial charge in [-0.15, -0.1) is 5.10 Å². The molecule has 3 rings (SSSR count). The largest absolute Gasteiger partial charge is 0.324 e. The van der Waals surface area contributed by atoms with Crippen LogP contribution in [0.15, 0.2) is 54.6 Å². The van der Waals surface area contributed by atoms with E-state index in [0.29, 0.717) is 12.4 Å². The number of nitrogens with zero attached hydrogens (tertiary/aromatic N) is 4. The SMILES string of the molecule is NCc1nnnn1-c1ccccc1-c1ccccc1. The van der Waals surface area contributed by atoms with Gasteiger partial charge >= 0.3 is 0 Å². The van der Waals surface area contributed by atoms with Gasteiger partial charge in [0, 0.05) is 5.56 Å². The summed E-state index contributed by atoms with van der Waals surface area (Å²) in [6.07, 6.45) is 0. The highest BCUT2D eigenvalue weighted by atomic mass is 15.5. The maximum atomic E-state index is 5.66. The Balaban J connectivity index is 2.18. The predicted molar refractivity (Wildman–Crippen MR) is 72.5 cm³/mol. The summed E-state index contributed by atoms with van der Waals surface area (Å²) in [5.74, 6) is 0.642. The van der Waals surface area contributed by atoms with E-state index in [-0.39, 0.29) is 0 Å². The summed E-state index contributed by atoms with van der Waals surface area (Å²) in [7, 11) is 0. The van der Waals surface area contributed by atoms with Crippen molar-refractivity contribution in [1.29, 1.82) is 0 Å². The Morgan fingerprint density at radius 3 is 2.47 bits per heavy atom. The Morgan fingerprint density at radius 1 is 0.947 bits per heavy atom. The molecule has 0 saturated heterocycles. The minimum atomic E-state index is 0.302. The maximum absolute atomic E-state index is 5.66. The number of rotatable bonds is 3. The molecule has 94 valence electrons. The molecule has 0 aliphatic carbocycles. The summed E-state index contributed by atoms with van der Waals surface area (Å²) >= 11 is 0. The smallest absolute Gasteiger partial charge is 0.170 e. The van der Waals surface area contributed by atoms with E-state index in [4.69, 9.17) is 5.73 Å². The first-order chi connectivity index (χ1) is 9.40. The molecule has 1 aromatic heterocycles. The molecular weight excluding hydrogens is 238 g/mol. The molecule has 0 saturated carbocycles.